The van der Waals surface area contributed by atoms with Crippen LogP contribution in [-0.2, 0) is 6.54 Å². The highest BCUT2D eigenvalue weighted by Crippen LogP contribution is 2.14. The molecule has 1 aromatic heterocycles. The zero-order chi connectivity index (χ0) is 14.5. The van der Waals surface area contributed by atoms with Crippen LogP contribution in [0.25, 0.3) is 0 Å². The molecule has 0 aliphatic rings. The van der Waals surface area contributed by atoms with Gasteiger partial charge in [-0.3, -0.25) is 4.79 Å². The van der Waals surface area contributed by atoms with Crippen LogP contribution < -0.4 is 10.6 Å². The van der Waals surface area contributed by atoms with Gasteiger partial charge in [-0.25, -0.2) is 4.98 Å². The Labute approximate surface area is 119 Å². The van der Waals surface area contributed by atoms with E-state index >= 15 is 0 Å². The van der Waals surface area contributed by atoms with Gasteiger partial charge in [-0.15, -0.1) is 0 Å². The summed E-state index contributed by atoms with van der Waals surface area (Å²) in [5.41, 5.74) is 2.68. The molecule has 0 saturated carbocycles. The maximum Gasteiger partial charge on any atom is 0.251 e. The number of amides is 1. The molecule has 1 aromatic carbocycles. The normalized spacial score (nSPS) is 10.6. The van der Waals surface area contributed by atoms with E-state index in [1.807, 2.05) is 30.7 Å². The fourth-order valence-electron chi connectivity index (χ4n) is 2.04. The van der Waals surface area contributed by atoms with Crippen molar-refractivity contribution in [2.24, 2.45) is 0 Å². The molecule has 0 saturated heterocycles. The summed E-state index contributed by atoms with van der Waals surface area (Å²) in [6.45, 7) is 4.92. The third-order valence-corrected chi connectivity index (χ3v) is 3.13. The van der Waals surface area contributed by atoms with Crippen molar-refractivity contribution in [2.45, 2.75) is 26.4 Å². The molecule has 5 nitrogen and oxygen atoms in total. The summed E-state index contributed by atoms with van der Waals surface area (Å²) in [6, 6.07) is 7.83. The van der Waals surface area contributed by atoms with Crippen molar-refractivity contribution >= 4 is 11.6 Å². The van der Waals surface area contributed by atoms with Crippen LogP contribution in [0.4, 0.5) is 5.69 Å². The van der Waals surface area contributed by atoms with Crippen molar-refractivity contribution in [3.05, 3.63) is 48.0 Å². The average molecular weight is 272 g/mol. The molecule has 0 atom stereocenters. The molecule has 0 bridgehead atoms. The number of carbonyl (C=O) groups is 1. The number of nitrogens with one attached hydrogen (secondary N) is 2. The van der Waals surface area contributed by atoms with Gasteiger partial charge >= 0.3 is 0 Å². The van der Waals surface area contributed by atoms with E-state index in [0.29, 0.717) is 18.2 Å². The predicted molar refractivity (Wildman–Crippen MR) is 79.8 cm³/mol. The highest BCUT2D eigenvalue weighted by Gasteiger charge is 2.06. The van der Waals surface area contributed by atoms with E-state index in [0.717, 1.165) is 11.4 Å². The van der Waals surface area contributed by atoms with Gasteiger partial charge in [0.25, 0.3) is 5.91 Å². The Bertz CT molecular complexity index is 589. The van der Waals surface area contributed by atoms with Crippen molar-refractivity contribution in [1.29, 1.82) is 0 Å². The molecule has 2 aromatic rings. The lowest BCUT2D eigenvalue weighted by molar-refractivity contribution is 0.0963. The number of imidazole rings is 1. The van der Waals surface area contributed by atoms with Gasteiger partial charge in [0, 0.05) is 30.5 Å². The second kappa shape index (κ2) is 6.23. The van der Waals surface area contributed by atoms with Crippen molar-refractivity contribution in [3.63, 3.8) is 0 Å². The minimum atomic E-state index is -0.0825. The number of hydrogen-bond donors (Lipinski definition) is 2. The van der Waals surface area contributed by atoms with Crippen LogP contribution >= 0.6 is 0 Å². The van der Waals surface area contributed by atoms with Gasteiger partial charge in [0.05, 0.1) is 18.6 Å². The second-order valence-electron chi connectivity index (χ2n) is 4.90. The number of hydrogen-bond acceptors (Lipinski definition) is 3. The summed E-state index contributed by atoms with van der Waals surface area (Å²) < 4.78 is 2.12. The zero-order valence-electron chi connectivity index (χ0n) is 12.1. The first-order valence-corrected chi connectivity index (χ1v) is 6.68. The second-order valence-corrected chi connectivity index (χ2v) is 4.90. The highest BCUT2D eigenvalue weighted by atomic mass is 16.1. The van der Waals surface area contributed by atoms with Gasteiger partial charge in [0.15, 0.2) is 0 Å². The summed E-state index contributed by atoms with van der Waals surface area (Å²) in [5.74, 6) is -0.0825. The average Bonchev–Trinajstić information content (AvgIpc) is 2.93. The fraction of sp³-hybridized carbons (Fsp3) is 0.333. The first kappa shape index (κ1) is 14.1. The molecular weight excluding hydrogens is 252 g/mol. The van der Waals surface area contributed by atoms with Gasteiger partial charge in [-0.2, -0.15) is 0 Å². The van der Waals surface area contributed by atoms with Gasteiger partial charge in [0.1, 0.15) is 0 Å². The molecule has 0 spiro atoms. The molecule has 0 aliphatic carbocycles. The molecule has 2 N–H and O–H groups in total. The smallest absolute Gasteiger partial charge is 0.251 e. The van der Waals surface area contributed by atoms with E-state index in [2.05, 4.69) is 34.0 Å². The summed E-state index contributed by atoms with van der Waals surface area (Å²) in [7, 11) is 1.63. The van der Waals surface area contributed by atoms with E-state index in [9.17, 15) is 4.79 Å². The standard InChI is InChI=1S/C15H20N4O/c1-11(2)19-10-17-8-14(19)9-18-13-6-4-5-12(7-13)15(20)16-3/h4-8,10-11,18H,9H2,1-3H3,(H,16,20). The molecule has 106 valence electrons. The highest BCUT2D eigenvalue weighted by molar-refractivity contribution is 5.94. The van der Waals surface area contributed by atoms with Crippen molar-refractivity contribution < 1.29 is 4.79 Å². The molecule has 5 heteroatoms. The predicted octanol–water partition coefficient (Wildman–Crippen LogP) is 2.44. The zero-order valence-corrected chi connectivity index (χ0v) is 12.1. The minimum Gasteiger partial charge on any atom is -0.379 e. The quantitative estimate of drug-likeness (QED) is 0.879. The number of rotatable bonds is 5. The van der Waals surface area contributed by atoms with E-state index in [-0.39, 0.29) is 5.91 Å². The number of benzene rings is 1. The lowest BCUT2D eigenvalue weighted by Crippen LogP contribution is -2.17. The number of anilines is 1. The lowest BCUT2D eigenvalue weighted by atomic mass is 10.2. The summed E-state index contributed by atoms with van der Waals surface area (Å²) in [6.07, 6.45) is 3.69. The van der Waals surface area contributed by atoms with E-state index in [4.69, 9.17) is 0 Å². The van der Waals surface area contributed by atoms with Gasteiger partial charge in [-0.05, 0) is 32.0 Å². The maximum absolute atomic E-state index is 11.6. The Morgan fingerprint density at radius 3 is 2.90 bits per heavy atom. The number of carbonyl (C=O) groups excluding carboxylic acids is 1. The summed E-state index contributed by atoms with van der Waals surface area (Å²) in [5, 5.41) is 5.94. The molecule has 1 amide bonds. The number of nitrogens with zero attached hydrogens (tertiary/aromatic N) is 2. The SMILES string of the molecule is CNC(=O)c1cccc(NCc2cncn2C(C)C)c1. The van der Waals surface area contributed by atoms with E-state index in [1.54, 1.807) is 13.1 Å². The van der Waals surface area contributed by atoms with Crippen LogP contribution in [0.1, 0.15) is 35.9 Å². The van der Waals surface area contributed by atoms with Crippen LogP contribution in [0.3, 0.4) is 0 Å². The summed E-state index contributed by atoms with van der Waals surface area (Å²) in [4.78, 5) is 15.8. The molecule has 20 heavy (non-hydrogen) atoms. The molecule has 1 heterocycles. The molecule has 0 fully saturated rings. The largest absolute Gasteiger partial charge is 0.379 e. The third kappa shape index (κ3) is 3.17. The Hall–Kier alpha value is -2.30. The lowest BCUT2D eigenvalue weighted by Gasteiger charge is -2.13. The van der Waals surface area contributed by atoms with Crippen LogP contribution in [0.2, 0.25) is 0 Å². The Kier molecular flexibility index (Phi) is 4.40. The van der Waals surface area contributed by atoms with Crippen molar-refractivity contribution in [3.8, 4) is 0 Å². The fourth-order valence-corrected chi connectivity index (χ4v) is 2.04. The Balaban J connectivity index is 2.07. The van der Waals surface area contributed by atoms with E-state index in [1.165, 1.54) is 0 Å². The van der Waals surface area contributed by atoms with Crippen LogP contribution in [0.15, 0.2) is 36.8 Å². The molecule has 2 rings (SSSR count). The Morgan fingerprint density at radius 1 is 1.40 bits per heavy atom. The maximum atomic E-state index is 11.6. The minimum absolute atomic E-state index is 0.0825. The Morgan fingerprint density at radius 2 is 2.20 bits per heavy atom. The van der Waals surface area contributed by atoms with E-state index < -0.39 is 0 Å². The topological polar surface area (TPSA) is 59.0 Å². The molecule has 0 aliphatic heterocycles. The van der Waals surface area contributed by atoms with Crippen molar-refractivity contribution in [2.75, 3.05) is 12.4 Å². The molecule has 0 unspecified atom stereocenters. The van der Waals surface area contributed by atoms with Gasteiger partial charge in [-0.1, -0.05) is 6.07 Å². The van der Waals surface area contributed by atoms with Crippen LogP contribution in [0, 0.1) is 0 Å². The number of aromatic nitrogens is 2. The van der Waals surface area contributed by atoms with Crippen LogP contribution in [-0.4, -0.2) is 22.5 Å². The first-order chi connectivity index (χ1) is 9.61. The molecule has 0 radical (unpaired) electrons. The van der Waals surface area contributed by atoms with Gasteiger partial charge < -0.3 is 15.2 Å². The summed E-state index contributed by atoms with van der Waals surface area (Å²) >= 11 is 0. The van der Waals surface area contributed by atoms with Crippen molar-refractivity contribution in [1.82, 2.24) is 14.9 Å². The third-order valence-electron chi connectivity index (χ3n) is 3.13. The monoisotopic (exact) mass is 272 g/mol. The molecular formula is C15H20N4O. The van der Waals surface area contributed by atoms with Gasteiger partial charge in [0.2, 0.25) is 0 Å². The first-order valence-electron chi connectivity index (χ1n) is 6.68. The van der Waals surface area contributed by atoms with Crippen LogP contribution in [0.5, 0.6) is 0 Å².